The van der Waals surface area contributed by atoms with E-state index in [9.17, 15) is 30.3 Å². The highest BCUT2D eigenvalue weighted by Gasteiger charge is 2.45. The zero-order valence-electron chi connectivity index (χ0n) is 14.6. The standard InChI is InChI=1S/C19H20O9/c20-11-3-1-10(2-4-11)18(25)26-9-14-15(22)16(23)17(24)19(28-14)27-13-7-5-12(21)6-8-13/h1-8,14-17,19-24H,9H2/t14-,15-,16+,17-,19-/m0/s1. The van der Waals surface area contributed by atoms with Crippen molar-refractivity contribution < 1.29 is 44.5 Å². The molecule has 0 aliphatic carbocycles. The van der Waals surface area contributed by atoms with Crippen LogP contribution in [0.5, 0.6) is 17.2 Å². The molecule has 1 aliphatic rings. The topological polar surface area (TPSA) is 146 Å². The molecule has 2 aromatic carbocycles. The number of carbonyl (C=O) groups excluding carboxylic acids is 1. The molecule has 0 radical (unpaired) electrons. The minimum Gasteiger partial charge on any atom is -0.508 e. The summed E-state index contributed by atoms with van der Waals surface area (Å²) < 4.78 is 16.0. The van der Waals surface area contributed by atoms with E-state index in [2.05, 4.69) is 0 Å². The van der Waals surface area contributed by atoms with Gasteiger partial charge in [-0.25, -0.2) is 4.79 Å². The number of esters is 1. The molecule has 3 rings (SSSR count). The van der Waals surface area contributed by atoms with Crippen molar-refractivity contribution in [3.63, 3.8) is 0 Å². The minimum absolute atomic E-state index is 0.00563. The van der Waals surface area contributed by atoms with Gasteiger partial charge >= 0.3 is 5.97 Å². The van der Waals surface area contributed by atoms with Gasteiger partial charge < -0.3 is 39.7 Å². The fourth-order valence-electron chi connectivity index (χ4n) is 2.65. The number of hydrogen-bond donors (Lipinski definition) is 5. The van der Waals surface area contributed by atoms with Crippen LogP contribution in [0.3, 0.4) is 0 Å². The second-order valence-corrected chi connectivity index (χ2v) is 6.27. The van der Waals surface area contributed by atoms with Crippen LogP contribution in [0.2, 0.25) is 0 Å². The van der Waals surface area contributed by atoms with Gasteiger partial charge in [-0.3, -0.25) is 0 Å². The number of aliphatic hydroxyl groups is 3. The summed E-state index contributed by atoms with van der Waals surface area (Å²) in [5.41, 5.74) is 0.181. The first-order valence-corrected chi connectivity index (χ1v) is 8.46. The van der Waals surface area contributed by atoms with Crippen LogP contribution < -0.4 is 4.74 Å². The highest BCUT2D eigenvalue weighted by atomic mass is 16.7. The number of phenolic OH excluding ortho intramolecular Hbond substituents is 2. The first-order valence-electron chi connectivity index (χ1n) is 8.46. The molecule has 9 nitrogen and oxygen atoms in total. The highest BCUT2D eigenvalue weighted by Crippen LogP contribution is 2.26. The molecule has 9 heteroatoms. The zero-order valence-corrected chi connectivity index (χ0v) is 14.6. The van der Waals surface area contributed by atoms with Gasteiger partial charge in [-0.05, 0) is 48.5 Å². The van der Waals surface area contributed by atoms with E-state index in [1.165, 1.54) is 48.5 Å². The van der Waals surface area contributed by atoms with Crippen molar-refractivity contribution in [2.24, 2.45) is 0 Å². The predicted molar refractivity (Wildman–Crippen MR) is 93.8 cm³/mol. The van der Waals surface area contributed by atoms with Crippen molar-refractivity contribution in [3.8, 4) is 17.2 Å². The average molecular weight is 392 g/mol. The summed E-state index contributed by atoms with van der Waals surface area (Å²) in [4.78, 5) is 12.0. The quantitative estimate of drug-likeness (QED) is 0.449. The monoisotopic (exact) mass is 392 g/mol. The third kappa shape index (κ3) is 4.52. The number of ether oxygens (including phenoxy) is 3. The Morgan fingerprint density at radius 3 is 2.04 bits per heavy atom. The fraction of sp³-hybridized carbons (Fsp3) is 0.316. The lowest BCUT2D eigenvalue weighted by Gasteiger charge is -2.39. The molecule has 1 heterocycles. The van der Waals surface area contributed by atoms with Crippen LogP contribution in [0.1, 0.15) is 10.4 Å². The van der Waals surface area contributed by atoms with Crippen LogP contribution in [0.25, 0.3) is 0 Å². The first kappa shape index (κ1) is 19.9. The summed E-state index contributed by atoms with van der Waals surface area (Å²) >= 11 is 0. The normalized spacial score (nSPS) is 27.2. The lowest BCUT2D eigenvalue weighted by atomic mass is 9.99. The Morgan fingerprint density at radius 2 is 1.43 bits per heavy atom. The molecular formula is C19H20O9. The molecule has 0 aromatic heterocycles. The molecule has 2 aromatic rings. The summed E-state index contributed by atoms with van der Waals surface area (Å²) in [7, 11) is 0. The molecule has 5 atom stereocenters. The average Bonchev–Trinajstić information content (AvgIpc) is 2.69. The molecule has 0 spiro atoms. The molecule has 1 saturated heterocycles. The van der Waals surface area contributed by atoms with Crippen LogP contribution in [-0.4, -0.2) is 68.8 Å². The molecule has 1 aliphatic heterocycles. The van der Waals surface area contributed by atoms with Gasteiger partial charge in [-0.2, -0.15) is 0 Å². The van der Waals surface area contributed by atoms with Gasteiger partial charge in [0.05, 0.1) is 5.56 Å². The molecule has 0 bridgehead atoms. The SMILES string of the molecule is O=C(OC[C@@H]1O[C@H](Oc2ccc(O)cc2)[C@@H](O)[C@H](O)[C@H]1O)c1ccc(O)cc1. The Kier molecular flexibility index (Phi) is 6.00. The van der Waals surface area contributed by atoms with Gasteiger partial charge in [0, 0.05) is 0 Å². The van der Waals surface area contributed by atoms with Crippen molar-refractivity contribution in [2.75, 3.05) is 6.61 Å². The van der Waals surface area contributed by atoms with Crippen LogP contribution in [0, 0.1) is 0 Å². The Morgan fingerprint density at radius 1 is 0.857 bits per heavy atom. The summed E-state index contributed by atoms with van der Waals surface area (Å²) in [6.07, 6.45) is -7.13. The molecular weight excluding hydrogens is 372 g/mol. The van der Waals surface area contributed by atoms with Crippen molar-refractivity contribution in [2.45, 2.75) is 30.7 Å². The van der Waals surface area contributed by atoms with E-state index in [0.29, 0.717) is 0 Å². The van der Waals surface area contributed by atoms with Crippen LogP contribution in [0.15, 0.2) is 48.5 Å². The van der Waals surface area contributed by atoms with E-state index in [4.69, 9.17) is 14.2 Å². The summed E-state index contributed by atoms with van der Waals surface area (Å²) in [5, 5.41) is 48.8. The number of carbonyl (C=O) groups is 1. The second-order valence-electron chi connectivity index (χ2n) is 6.27. The van der Waals surface area contributed by atoms with Gasteiger partial charge in [-0.1, -0.05) is 0 Å². The summed E-state index contributed by atoms with van der Waals surface area (Å²) in [5.74, 6) is -0.446. The first-order chi connectivity index (χ1) is 13.3. The maximum Gasteiger partial charge on any atom is 0.338 e. The third-order valence-electron chi connectivity index (χ3n) is 4.24. The second kappa shape index (κ2) is 8.44. The maximum atomic E-state index is 12.0. The van der Waals surface area contributed by atoms with Crippen LogP contribution in [-0.2, 0) is 9.47 Å². The zero-order chi connectivity index (χ0) is 20.3. The Bertz CT molecular complexity index is 790. The molecule has 150 valence electrons. The van der Waals surface area contributed by atoms with E-state index in [-0.39, 0.29) is 22.8 Å². The number of aliphatic hydroxyl groups excluding tert-OH is 3. The van der Waals surface area contributed by atoms with Crippen molar-refractivity contribution >= 4 is 5.97 Å². The van der Waals surface area contributed by atoms with Gasteiger partial charge in [0.1, 0.15) is 48.3 Å². The molecule has 1 fully saturated rings. The highest BCUT2D eigenvalue weighted by molar-refractivity contribution is 5.89. The van der Waals surface area contributed by atoms with Crippen LogP contribution >= 0.6 is 0 Å². The lowest BCUT2D eigenvalue weighted by molar-refractivity contribution is -0.277. The van der Waals surface area contributed by atoms with E-state index < -0.39 is 43.3 Å². The number of phenols is 2. The predicted octanol–water partition coefficient (Wildman–Crippen LogP) is 0.141. The fourth-order valence-corrected chi connectivity index (χ4v) is 2.65. The largest absolute Gasteiger partial charge is 0.508 e. The summed E-state index contributed by atoms with van der Waals surface area (Å²) in [6.45, 7) is -0.403. The number of rotatable bonds is 5. The molecule has 0 unspecified atom stereocenters. The number of aromatic hydroxyl groups is 2. The smallest absolute Gasteiger partial charge is 0.338 e. The van der Waals surface area contributed by atoms with Crippen molar-refractivity contribution in [1.29, 1.82) is 0 Å². The molecule has 0 saturated carbocycles. The van der Waals surface area contributed by atoms with Gasteiger partial charge in [0.15, 0.2) is 0 Å². The van der Waals surface area contributed by atoms with Gasteiger partial charge in [-0.15, -0.1) is 0 Å². The van der Waals surface area contributed by atoms with E-state index >= 15 is 0 Å². The van der Waals surface area contributed by atoms with E-state index in [0.717, 1.165) is 0 Å². The van der Waals surface area contributed by atoms with E-state index in [1.807, 2.05) is 0 Å². The van der Waals surface area contributed by atoms with Gasteiger partial charge in [0.2, 0.25) is 6.29 Å². The number of benzene rings is 2. The molecule has 5 N–H and O–H groups in total. The maximum absolute atomic E-state index is 12.0. The van der Waals surface area contributed by atoms with E-state index in [1.54, 1.807) is 0 Å². The minimum atomic E-state index is -1.59. The van der Waals surface area contributed by atoms with Gasteiger partial charge in [0.25, 0.3) is 0 Å². The Balaban J connectivity index is 1.63. The lowest BCUT2D eigenvalue weighted by Crippen LogP contribution is -2.60. The molecule has 28 heavy (non-hydrogen) atoms. The Hall–Kier alpha value is -2.85. The van der Waals surface area contributed by atoms with Crippen molar-refractivity contribution in [3.05, 3.63) is 54.1 Å². The summed E-state index contributed by atoms with van der Waals surface area (Å²) in [6, 6.07) is 11.0. The van der Waals surface area contributed by atoms with Crippen molar-refractivity contribution in [1.82, 2.24) is 0 Å². The van der Waals surface area contributed by atoms with Crippen LogP contribution in [0.4, 0.5) is 0 Å². The number of hydrogen-bond acceptors (Lipinski definition) is 9. The Labute approximate surface area is 160 Å². The molecule has 0 amide bonds. The third-order valence-corrected chi connectivity index (χ3v) is 4.24.